The molecule has 2 N–H and O–H groups in total. The molecular weight excluding hydrogens is 198 g/mol. The molecule has 92 valence electrons. The van der Waals surface area contributed by atoms with E-state index in [0.717, 1.165) is 19.4 Å². The van der Waals surface area contributed by atoms with Gasteiger partial charge in [-0.25, -0.2) is 0 Å². The van der Waals surface area contributed by atoms with Crippen molar-refractivity contribution in [3.8, 4) is 0 Å². The van der Waals surface area contributed by atoms with Crippen LogP contribution in [-0.4, -0.2) is 16.3 Å². The standard InChI is InChI=1S/C13H25N3/c1-5-12-8-13(16(4)15-12)7-11(9-14)6-10(2)3/h8,10-11H,5-7,9,14H2,1-4H3. The lowest BCUT2D eigenvalue weighted by atomic mass is 9.93. The van der Waals surface area contributed by atoms with Crippen molar-refractivity contribution in [3.63, 3.8) is 0 Å². The van der Waals surface area contributed by atoms with Crippen molar-refractivity contribution in [1.29, 1.82) is 0 Å². The molecule has 0 aliphatic carbocycles. The van der Waals surface area contributed by atoms with E-state index in [0.29, 0.717) is 11.8 Å². The van der Waals surface area contributed by atoms with Crippen LogP contribution in [0.5, 0.6) is 0 Å². The van der Waals surface area contributed by atoms with Crippen LogP contribution in [0.4, 0.5) is 0 Å². The van der Waals surface area contributed by atoms with Crippen LogP contribution in [0.1, 0.15) is 38.6 Å². The average molecular weight is 223 g/mol. The fraction of sp³-hybridized carbons (Fsp3) is 0.769. The van der Waals surface area contributed by atoms with E-state index >= 15 is 0 Å². The normalized spacial score (nSPS) is 13.4. The predicted octanol–water partition coefficient (Wildman–Crippen LogP) is 2.15. The maximum atomic E-state index is 5.83. The first kappa shape index (κ1) is 13.2. The molecule has 0 aliphatic heterocycles. The van der Waals surface area contributed by atoms with Crippen LogP contribution in [-0.2, 0) is 19.9 Å². The Morgan fingerprint density at radius 3 is 2.56 bits per heavy atom. The van der Waals surface area contributed by atoms with Gasteiger partial charge in [-0.1, -0.05) is 20.8 Å². The molecule has 1 rings (SSSR count). The molecule has 0 saturated heterocycles. The maximum Gasteiger partial charge on any atom is 0.0624 e. The number of hydrogen-bond donors (Lipinski definition) is 1. The number of nitrogens with two attached hydrogens (primary N) is 1. The van der Waals surface area contributed by atoms with Crippen molar-refractivity contribution in [2.75, 3.05) is 6.54 Å². The lowest BCUT2D eigenvalue weighted by Crippen LogP contribution is -2.20. The van der Waals surface area contributed by atoms with Gasteiger partial charge in [0.1, 0.15) is 0 Å². The Morgan fingerprint density at radius 2 is 2.12 bits per heavy atom. The topological polar surface area (TPSA) is 43.8 Å². The monoisotopic (exact) mass is 223 g/mol. The van der Waals surface area contributed by atoms with Crippen LogP contribution >= 0.6 is 0 Å². The van der Waals surface area contributed by atoms with Gasteiger partial charge in [-0.3, -0.25) is 4.68 Å². The molecule has 1 atom stereocenters. The van der Waals surface area contributed by atoms with Gasteiger partial charge >= 0.3 is 0 Å². The highest BCUT2D eigenvalue weighted by Gasteiger charge is 2.13. The zero-order chi connectivity index (χ0) is 12.1. The molecular formula is C13H25N3. The quantitative estimate of drug-likeness (QED) is 0.803. The van der Waals surface area contributed by atoms with Crippen LogP contribution in [0.15, 0.2) is 6.07 Å². The van der Waals surface area contributed by atoms with Crippen LogP contribution in [0, 0.1) is 11.8 Å². The highest BCUT2D eigenvalue weighted by molar-refractivity contribution is 5.11. The van der Waals surface area contributed by atoms with Gasteiger partial charge in [0.25, 0.3) is 0 Å². The van der Waals surface area contributed by atoms with E-state index in [4.69, 9.17) is 5.73 Å². The number of hydrogen-bond acceptors (Lipinski definition) is 2. The van der Waals surface area contributed by atoms with E-state index in [-0.39, 0.29) is 0 Å². The molecule has 1 aromatic heterocycles. The Kier molecular flexibility index (Phi) is 5.00. The van der Waals surface area contributed by atoms with Crippen molar-refractivity contribution >= 4 is 0 Å². The first-order valence-corrected chi connectivity index (χ1v) is 6.28. The first-order chi connectivity index (χ1) is 7.56. The predicted molar refractivity (Wildman–Crippen MR) is 68.3 cm³/mol. The minimum Gasteiger partial charge on any atom is -0.330 e. The van der Waals surface area contributed by atoms with Crippen LogP contribution in [0.2, 0.25) is 0 Å². The van der Waals surface area contributed by atoms with Crippen molar-refractivity contribution in [2.24, 2.45) is 24.6 Å². The van der Waals surface area contributed by atoms with Gasteiger partial charge in [0, 0.05) is 12.7 Å². The summed E-state index contributed by atoms with van der Waals surface area (Å²) in [5.41, 5.74) is 8.32. The Hall–Kier alpha value is -0.830. The highest BCUT2D eigenvalue weighted by atomic mass is 15.3. The van der Waals surface area contributed by atoms with Gasteiger partial charge in [0.15, 0.2) is 0 Å². The van der Waals surface area contributed by atoms with E-state index in [1.165, 1.54) is 17.8 Å². The molecule has 0 saturated carbocycles. The van der Waals surface area contributed by atoms with Crippen molar-refractivity contribution in [2.45, 2.75) is 40.0 Å². The number of aromatic nitrogens is 2. The van der Waals surface area contributed by atoms with E-state index in [1.54, 1.807) is 0 Å². The summed E-state index contributed by atoms with van der Waals surface area (Å²) in [4.78, 5) is 0. The number of nitrogens with zero attached hydrogens (tertiary/aromatic N) is 2. The second-order valence-electron chi connectivity index (χ2n) is 5.04. The smallest absolute Gasteiger partial charge is 0.0624 e. The van der Waals surface area contributed by atoms with E-state index < -0.39 is 0 Å². The molecule has 0 radical (unpaired) electrons. The second-order valence-corrected chi connectivity index (χ2v) is 5.04. The molecule has 0 amide bonds. The Balaban J connectivity index is 2.65. The van der Waals surface area contributed by atoms with Gasteiger partial charge in [0.05, 0.1) is 5.69 Å². The average Bonchev–Trinajstić information content (AvgIpc) is 2.58. The van der Waals surface area contributed by atoms with Gasteiger partial charge in [-0.15, -0.1) is 0 Å². The van der Waals surface area contributed by atoms with Gasteiger partial charge in [-0.2, -0.15) is 5.10 Å². The van der Waals surface area contributed by atoms with Gasteiger partial charge in [-0.05, 0) is 43.7 Å². The minimum absolute atomic E-state index is 0.583. The molecule has 0 spiro atoms. The molecule has 3 nitrogen and oxygen atoms in total. The molecule has 1 heterocycles. The highest BCUT2D eigenvalue weighted by Crippen LogP contribution is 2.17. The molecule has 0 bridgehead atoms. The third-order valence-corrected chi connectivity index (χ3v) is 3.03. The summed E-state index contributed by atoms with van der Waals surface area (Å²) in [6.45, 7) is 7.41. The minimum atomic E-state index is 0.583. The molecule has 0 fully saturated rings. The fourth-order valence-electron chi connectivity index (χ4n) is 2.16. The largest absolute Gasteiger partial charge is 0.330 e. The van der Waals surface area contributed by atoms with E-state index in [1.807, 2.05) is 11.7 Å². The third-order valence-electron chi connectivity index (χ3n) is 3.03. The summed E-state index contributed by atoms with van der Waals surface area (Å²) in [5.74, 6) is 1.30. The summed E-state index contributed by atoms with van der Waals surface area (Å²) >= 11 is 0. The maximum absolute atomic E-state index is 5.83. The molecule has 3 heteroatoms. The van der Waals surface area contributed by atoms with Crippen molar-refractivity contribution in [1.82, 2.24) is 9.78 Å². The van der Waals surface area contributed by atoms with E-state index in [2.05, 4.69) is 31.9 Å². The molecule has 0 aliphatic rings. The second kappa shape index (κ2) is 6.04. The Labute approximate surface area is 99.0 Å². The van der Waals surface area contributed by atoms with Crippen LogP contribution in [0.25, 0.3) is 0 Å². The Bertz CT molecular complexity index is 315. The Morgan fingerprint density at radius 1 is 1.44 bits per heavy atom. The summed E-state index contributed by atoms with van der Waals surface area (Å²) < 4.78 is 2.00. The summed E-state index contributed by atoms with van der Waals surface area (Å²) in [6, 6.07) is 2.21. The van der Waals surface area contributed by atoms with Crippen LogP contribution < -0.4 is 5.73 Å². The number of aryl methyl sites for hydroxylation is 2. The summed E-state index contributed by atoms with van der Waals surface area (Å²) in [7, 11) is 2.03. The third kappa shape index (κ3) is 3.63. The first-order valence-electron chi connectivity index (χ1n) is 6.28. The fourth-order valence-corrected chi connectivity index (χ4v) is 2.16. The lowest BCUT2D eigenvalue weighted by molar-refractivity contribution is 0.406. The van der Waals surface area contributed by atoms with Crippen molar-refractivity contribution < 1.29 is 0 Å². The lowest BCUT2D eigenvalue weighted by Gasteiger charge is -2.16. The molecule has 1 unspecified atom stereocenters. The van der Waals surface area contributed by atoms with Crippen molar-refractivity contribution in [3.05, 3.63) is 17.5 Å². The summed E-state index contributed by atoms with van der Waals surface area (Å²) in [5, 5.41) is 4.47. The zero-order valence-corrected chi connectivity index (χ0v) is 11.0. The van der Waals surface area contributed by atoms with Gasteiger partial charge < -0.3 is 5.73 Å². The SMILES string of the molecule is CCc1cc(CC(CN)CC(C)C)n(C)n1. The molecule has 0 aromatic carbocycles. The summed E-state index contributed by atoms with van der Waals surface area (Å²) in [6.07, 6.45) is 3.26. The van der Waals surface area contributed by atoms with Gasteiger partial charge in [0.2, 0.25) is 0 Å². The molecule has 1 aromatic rings. The van der Waals surface area contributed by atoms with Crippen LogP contribution in [0.3, 0.4) is 0 Å². The number of rotatable bonds is 6. The van der Waals surface area contributed by atoms with E-state index in [9.17, 15) is 0 Å². The molecule has 16 heavy (non-hydrogen) atoms. The zero-order valence-electron chi connectivity index (χ0n) is 11.0.